The molecule has 4 fully saturated rings. The number of aryl methyl sites for hydroxylation is 1. The van der Waals surface area contributed by atoms with E-state index in [1.54, 1.807) is 6.20 Å². The van der Waals surface area contributed by atoms with E-state index in [1.807, 2.05) is 12.1 Å². The van der Waals surface area contributed by atoms with Crippen LogP contribution in [-0.2, 0) is 40.4 Å². The van der Waals surface area contributed by atoms with Gasteiger partial charge in [-0.15, -0.1) is 6.58 Å². The number of nitrogens with one attached hydrogen (secondary N) is 2. The molecule has 3 heterocycles. The fourth-order valence-corrected chi connectivity index (χ4v) is 9.22. The van der Waals surface area contributed by atoms with Crippen molar-refractivity contribution in [3.8, 4) is 5.88 Å². The molecule has 12 nitrogen and oxygen atoms in total. The van der Waals surface area contributed by atoms with Gasteiger partial charge in [-0.1, -0.05) is 71.1 Å². The van der Waals surface area contributed by atoms with E-state index in [0.717, 1.165) is 47.9 Å². The Kier molecular flexibility index (Phi) is 12.0. The van der Waals surface area contributed by atoms with Gasteiger partial charge >= 0.3 is 5.97 Å². The van der Waals surface area contributed by atoms with Crippen molar-refractivity contribution < 1.29 is 37.1 Å². The number of aromatic nitrogens is 1. The zero-order valence-corrected chi connectivity index (χ0v) is 32.8. The third-order valence-electron chi connectivity index (χ3n) is 11.6. The molecule has 1 aromatic carbocycles. The number of nitrogens with zero attached hydrogens (tertiary/aromatic N) is 2. The van der Waals surface area contributed by atoms with Crippen LogP contribution >= 0.6 is 0 Å². The van der Waals surface area contributed by atoms with Gasteiger partial charge in [0.15, 0.2) is 0 Å². The van der Waals surface area contributed by atoms with Crippen LogP contribution < -0.4 is 14.8 Å². The predicted molar refractivity (Wildman–Crippen MR) is 205 cm³/mol. The first kappa shape index (κ1) is 39.7. The summed E-state index contributed by atoms with van der Waals surface area (Å²) in [5.41, 5.74) is -0.588. The highest BCUT2D eigenvalue weighted by molar-refractivity contribution is 7.91. The lowest BCUT2D eigenvalue weighted by Gasteiger charge is -2.26. The zero-order valence-electron chi connectivity index (χ0n) is 31.9. The van der Waals surface area contributed by atoms with E-state index in [2.05, 4.69) is 54.5 Å². The van der Waals surface area contributed by atoms with Gasteiger partial charge in [0.1, 0.15) is 17.7 Å². The number of cyclic esters (lactones) is 1. The molecule has 5 aliphatic rings. The van der Waals surface area contributed by atoms with Crippen LogP contribution in [0.5, 0.6) is 5.88 Å². The van der Waals surface area contributed by atoms with Crippen molar-refractivity contribution in [1.29, 1.82) is 0 Å². The second kappa shape index (κ2) is 16.4. The third-order valence-corrected chi connectivity index (χ3v) is 13.4. The van der Waals surface area contributed by atoms with Crippen LogP contribution in [0.15, 0.2) is 43.1 Å². The monoisotopic (exact) mass is 764 g/mol. The first-order valence-electron chi connectivity index (χ1n) is 19.7. The molecular formula is C41H56N4O8S. The molecule has 1 aromatic heterocycles. The lowest BCUT2D eigenvalue weighted by molar-refractivity contribution is -0.149. The molecule has 13 heteroatoms. The Labute approximate surface area is 319 Å². The van der Waals surface area contributed by atoms with E-state index in [9.17, 15) is 27.6 Å². The van der Waals surface area contributed by atoms with E-state index in [0.29, 0.717) is 18.7 Å². The van der Waals surface area contributed by atoms with Crippen LogP contribution in [0.1, 0.15) is 110 Å². The standard InChI is InChI=1S/C35H44N4O8S.C6H12/c1-4-24-19-35(24,33(43)38-48(44,45)26-10-11-26)37-31(42)28-18-25-20-39(28)29(40)12-13-30(41)46-21-34(2,3)15-6-5-7-22-8-9-23-14-16-36-32(47-25)27(23)17-22;1-6-4-2-3-5-6/h4,8-9,14,16-17,24-26,28H,1,5-7,10-13,15,18-21H2,2-3H3,(H,37,42)(H,38,43);6H,2-5H2,1H3/t24-,25-,28+,35-;/m1./s1. The molecule has 4 atom stereocenters. The Morgan fingerprint density at radius 1 is 1.02 bits per heavy atom. The van der Waals surface area contributed by atoms with Crippen LogP contribution in [0.3, 0.4) is 0 Å². The minimum atomic E-state index is -3.85. The van der Waals surface area contributed by atoms with E-state index < -0.39 is 62.6 Å². The summed E-state index contributed by atoms with van der Waals surface area (Å²) in [5, 5.41) is 3.94. The van der Waals surface area contributed by atoms with Crippen molar-refractivity contribution in [3.05, 3.63) is 48.7 Å². The van der Waals surface area contributed by atoms with E-state index in [1.165, 1.54) is 36.7 Å². The summed E-state index contributed by atoms with van der Waals surface area (Å²) in [6.07, 6.45) is 13.1. The molecule has 54 heavy (non-hydrogen) atoms. The van der Waals surface area contributed by atoms with Gasteiger partial charge in [0, 0.05) is 30.3 Å². The van der Waals surface area contributed by atoms with Gasteiger partial charge in [-0.2, -0.15) is 0 Å². The minimum Gasteiger partial charge on any atom is -0.472 e. The number of esters is 1. The Morgan fingerprint density at radius 2 is 1.78 bits per heavy atom. The fraction of sp³-hybridized carbons (Fsp3) is 0.634. The molecule has 4 bridgehead atoms. The maximum atomic E-state index is 13.9. The molecule has 3 aliphatic carbocycles. The summed E-state index contributed by atoms with van der Waals surface area (Å²) in [6, 6.07) is 7.06. The van der Waals surface area contributed by atoms with Crippen LogP contribution in [0.2, 0.25) is 0 Å². The average Bonchev–Trinajstić information content (AvgIpc) is 4.03. The molecule has 0 radical (unpaired) electrons. The van der Waals surface area contributed by atoms with Gasteiger partial charge in [0.25, 0.3) is 5.91 Å². The smallest absolute Gasteiger partial charge is 0.306 e. The topological polar surface area (TPSA) is 161 Å². The number of ether oxygens (including phenoxy) is 2. The van der Waals surface area contributed by atoms with Crippen LogP contribution in [0.4, 0.5) is 0 Å². The van der Waals surface area contributed by atoms with Gasteiger partial charge in [-0.05, 0) is 72.9 Å². The molecule has 0 unspecified atom stereocenters. The number of sulfonamides is 1. The number of carbonyl (C=O) groups excluding carboxylic acids is 4. The van der Waals surface area contributed by atoms with Crippen molar-refractivity contribution in [1.82, 2.24) is 19.9 Å². The summed E-state index contributed by atoms with van der Waals surface area (Å²) in [7, 11) is -3.85. The molecule has 2 aromatic rings. The largest absolute Gasteiger partial charge is 0.472 e. The van der Waals surface area contributed by atoms with Crippen molar-refractivity contribution in [2.24, 2.45) is 17.3 Å². The first-order chi connectivity index (χ1) is 25.7. The summed E-state index contributed by atoms with van der Waals surface area (Å²) >= 11 is 0. The zero-order chi connectivity index (χ0) is 38.7. The lowest BCUT2D eigenvalue weighted by Crippen LogP contribution is -2.56. The molecule has 3 saturated carbocycles. The number of rotatable bonds is 6. The number of benzene rings is 1. The number of fused-ring (bicyclic) bond motifs is 3. The summed E-state index contributed by atoms with van der Waals surface area (Å²) < 4.78 is 39.2. The number of pyridine rings is 1. The SMILES string of the molecule is C=C[C@@H]1C[C@]1(NC(=O)[C@@H]1C[C@@H]2CN1C(=O)CCC(=O)OCC(C)(C)CCCCc1ccc3ccnc(c3c1)O2)C(=O)NS(=O)(=O)C1CC1.CC1CCCC1. The number of hydrogen-bond donors (Lipinski definition) is 2. The average molecular weight is 765 g/mol. The maximum absolute atomic E-state index is 13.9. The van der Waals surface area contributed by atoms with Gasteiger partial charge < -0.3 is 19.7 Å². The summed E-state index contributed by atoms with van der Waals surface area (Å²) in [4.78, 5) is 59.5. The van der Waals surface area contributed by atoms with Gasteiger partial charge in [0.05, 0.1) is 24.8 Å². The van der Waals surface area contributed by atoms with E-state index >= 15 is 0 Å². The second-order valence-electron chi connectivity index (χ2n) is 16.8. The molecular weight excluding hydrogens is 709 g/mol. The van der Waals surface area contributed by atoms with Crippen molar-refractivity contribution in [3.63, 3.8) is 0 Å². The van der Waals surface area contributed by atoms with Crippen LogP contribution in [-0.4, -0.2) is 78.1 Å². The van der Waals surface area contributed by atoms with Crippen LogP contribution in [0, 0.1) is 17.3 Å². The third kappa shape index (κ3) is 9.62. The van der Waals surface area contributed by atoms with Gasteiger partial charge in [-0.3, -0.25) is 23.9 Å². The summed E-state index contributed by atoms with van der Waals surface area (Å²) in [6.45, 7) is 10.5. The fourth-order valence-electron chi connectivity index (χ4n) is 7.86. The second-order valence-corrected chi connectivity index (χ2v) is 18.8. The minimum absolute atomic E-state index is 0.0525. The highest BCUT2D eigenvalue weighted by Crippen LogP contribution is 2.45. The Bertz CT molecular complexity index is 1850. The molecule has 294 valence electrons. The maximum Gasteiger partial charge on any atom is 0.306 e. The Morgan fingerprint density at radius 3 is 2.44 bits per heavy atom. The van der Waals surface area contributed by atoms with E-state index in [4.69, 9.17) is 9.47 Å². The Balaban J connectivity index is 0.000000755. The lowest BCUT2D eigenvalue weighted by atomic mass is 9.87. The van der Waals surface area contributed by atoms with Crippen LogP contribution in [0.25, 0.3) is 10.8 Å². The van der Waals surface area contributed by atoms with Gasteiger partial charge in [-0.25, -0.2) is 13.4 Å². The first-order valence-corrected chi connectivity index (χ1v) is 21.2. The Hall–Kier alpha value is -4.00. The molecule has 3 amide bonds. The molecule has 0 spiro atoms. The molecule has 7 rings (SSSR count). The normalized spacial score (nSPS) is 27.7. The summed E-state index contributed by atoms with van der Waals surface area (Å²) in [5.74, 6) is -1.39. The number of carbonyl (C=O) groups is 4. The highest BCUT2D eigenvalue weighted by Gasteiger charge is 2.62. The quantitative estimate of drug-likeness (QED) is 0.285. The molecule has 2 aliphatic heterocycles. The van der Waals surface area contributed by atoms with Crippen molar-refractivity contribution >= 4 is 44.5 Å². The number of amides is 3. The molecule has 2 N–H and O–H groups in total. The van der Waals surface area contributed by atoms with Crippen molar-refractivity contribution in [2.75, 3.05) is 13.2 Å². The highest BCUT2D eigenvalue weighted by atomic mass is 32.2. The van der Waals surface area contributed by atoms with E-state index in [-0.39, 0.29) is 44.2 Å². The molecule has 1 saturated heterocycles. The van der Waals surface area contributed by atoms with Gasteiger partial charge in [0.2, 0.25) is 27.7 Å². The predicted octanol–water partition coefficient (Wildman–Crippen LogP) is 5.52. The van der Waals surface area contributed by atoms with Crippen molar-refractivity contribution in [2.45, 2.75) is 134 Å². The number of hydrogen-bond acceptors (Lipinski definition) is 9.